The predicted molar refractivity (Wildman–Crippen MR) is 153 cm³/mol. The van der Waals surface area contributed by atoms with Gasteiger partial charge in [-0.2, -0.15) is 0 Å². The summed E-state index contributed by atoms with van der Waals surface area (Å²) in [7, 11) is 0. The summed E-state index contributed by atoms with van der Waals surface area (Å²) in [4.78, 5) is 26.4. The van der Waals surface area contributed by atoms with E-state index in [9.17, 15) is 4.79 Å². The summed E-state index contributed by atoms with van der Waals surface area (Å²) in [5, 5.41) is 5.76. The van der Waals surface area contributed by atoms with Crippen LogP contribution < -0.4 is 4.90 Å². The molecule has 194 valence electrons. The summed E-state index contributed by atoms with van der Waals surface area (Å²) >= 11 is 3.01. The number of nitrogens with zero attached hydrogens (tertiary/aromatic N) is 4. The molecule has 0 spiro atoms. The second kappa shape index (κ2) is 11.5. The van der Waals surface area contributed by atoms with Gasteiger partial charge < -0.3 is 9.32 Å². The Hall–Kier alpha value is -2.52. The van der Waals surface area contributed by atoms with Crippen molar-refractivity contribution >= 4 is 44.7 Å². The molecular weight excluding hydrogens is 500 g/mol. The minimum atomic E-state index is 0.0350. The molecule has 3 aromatic heterocycles. The Morgan fingerprint density at radius 1 is 1.05 bits per heavy atom. The Balaban J connectivity index is 1.16. The van der Waals surface area contributed by atoms with Crippen LogP contribution in [0.5, 0.6) is 0 Å². The lowest BCUT2D eigenvalue weighted by molar-refractivity contribution is 0.0980. The highest BCUT2D eigenvalue weighted by molar-refractivity contribution is 7.14. The topological polar surface area (TPSA) is 52.8 Å². The lowest BCUT2D eigenvalue weighted by atomic mass is 10.0. The van der Waals surface area contributed by atoms with Crippen LogP contribution in [0.1, 0.15) is 48.2 Å². The molecule has 0 saturated carbocycles. The van der Waals surface area contributed by atoms with Gasteiger partial charge in [-0.15, -0.1) is 22.7 Å². The van der Waals surface area contributed by atoms with Gasteiger partial charge in [0.05, 0.1) is 4.88 Å². The average molecular weight is 535 g/mol. The van der Waals surface area contributed by atoms with E-state index < -0.39 is 0 Å². The van der Waals surface area contributed by atoms with Gasteiger partial charge in [0.15, 0.2) is 10.9 Å². The molecular formula is C29H34N4O2S2. The first-order chi connectivity index (χ1) is 18.2. The Kier molecular flexibility index (Phi) is 7.69. The number of carbonyl (C=O) groups excluding carboxylic acids is 1. The second-order valence-corrected chi connectivity index (χ2v) is 11.9. The number of hydrogen-bond donors (Lipinski definition) is 0. The summed E-state index contributed by atoms with van der Waals surface area (Å²) in [6, 6.07) is 14.5. The van der Waals surface area contributed by atoms with Crippen molar-refractivity contribution in [1.82, 2.24) is 14.8 Å². The molecule has 2 saturated heterocycles. The molecule has 0 radical (unpaired) electrons. The Morgan fingerprint density at radius 3 is 2.76 bits per heavy atom. The zero-order chi connectivity index (χ0) is 25.0. The van der Waals surface area contributed by atoms with Gasteiger partial charge in [-0.25, -0.2) is 4.98 Å². The average Bonchev–Trinajstić information content (AvgIpc) is 3.74. The predicted octanol–water partition coefficient (Wildman–Crippen LogP) is 6.61. The zero-order valence-electron chi connectivity index (χ0n) is 21.2. The fourth-order valence-corrected chi connectivity index (χ4v) is 7.19. The van der Waals surface area contributed by atoms with E-state index in [1.165, 1.54) is 81.0 Å². The van der Waals surface area contributed by atoms with Gasteiger partial charge in [0.2, 0.25) is 0 Å². The molecule has 2 aliphatic heterocycles. The van der Waals surface area contributed by atoms with Crippen molar-refractivity contribution in [2.45, 2.75) is 44.6 Å². The van der Waals surface area contributed by atoms with Gasteiger partial charge in [0.25, 0.3) is 5.91 Å². The number of rotatable bonds is 9. The Labute approximate surface area is 226 Å². The number of anilines is 1. The van der Waals surface area contributed by atoms with Crippen molar-refractivity contribution in [1.29, 1.82) is 0 Å². The van der Waals surface area contributed by atoms with Crippen molar-refractivity contribution in [3.8, 4) is 11.5 Å². The summed E-state index contributed by atoms with van der Waals surface area (Å²) < 4.78 is 6.04. The smallest absolute Gasteiger partial charge is 0.270 e. The third-order valence-electron chi connectivity index (χ3n) is 7.62. The number of thiophene rings is 1. The molecule has 4 aromatic rings. The number of furan rings is 1. The Morgan fingerprint density at radius 2 is 1.92 bits per heavy atom. The molecule has 0 aliphatic carbocycles. The molecule has 37 heavy (non-hydrogen) atoms. The van der Waals surface area contributed by atoms with Gasteiger partial charge in [-0.05, 0) is 75.3 Å². The van der Waals surface area contributed by atoms with Crippen LogP contribution in [0.3, 0.4) is 0 Å². The van der Waals surface area contributed by atoms with E-state index >= 15 is 0 Å². The van der Waals surface area contributed by atoms with Crippen LogP contribution in [0.25, 0.3) is 22.4 Å². The molecule has 1 unspecified atom stereocenters. The minimum absolute atomic E-state index is 0.0350. The van der Waals surface area contributed by atoms with Crippen LogP contribution in [0, 0.1) is 0 Å². The number of fused-ring (bicyclic) bond motifs is 1. The van der Waals surface area contributed by atoms with Crippen LogP contribution in [0.15, 0.2) is 57.6 Å². The number of benzene rings is 1. The summed E-state index contributed by atoms with van der Waals surface area (Å²) in [6.45, 7) is 6.57. The molecule has 1 amide bonds. The molecule has 5 heterocycles. The molecule has 1 aromatic carbocycles. The molecule has 2 aliphatic rings. The van der Waals surface area contributed by atoms with Gasteiger partial charge in [-0.3, -0.25) is 14.6 Å². The van der Waals surface area contributed by atoms with E-state index in [2.05, 4.69) is 9.80 Å². The van der Waals surface area contributed by atoms with Crippen LogP contribution in [0.4, 0.5) is 5.13 Å². The summed E-state index contributed by atoms with van der Waals surface area (Å²) in [5.74, 6) is 0.776. The summed E-state index contributed by atoms with van der Waals surface area (Å²) in [5.41, 5.74) is 1.63. The minimum Gasteiger partial charge on any atom is -0.454 e. The number of thiazole rings is 1. The molecule has 0 bridgehead atoms. The zero-order valence-corrected chi connectivity index (χ0v) is 22.8. The molecule has 6 nitrogen and oxygen atoms in total. The van der Waals surface area contributed by atoms with E-state index in [0.717, 1.165) is 45.4 Å². The number of hydrogen-bond acceptors (Lipinski definition) is 7. The maximum Gasteiger partial charge on any atom is 0.270 e. The van der Waals surface area contributed by atoms with Gasteiger partial charge in [-0.1, -0.05) is 30.7 Å². The number of piperidine rings is 1. The van der Waals surface area contributed by atoms with E-state index in [1.54, 1.807) is 0 Å². The van der Waals surface area contributed by atoms with Crippen LogP contribution in [0.2, 0.25) is 0 Å². The number of likely N-dealkylation sites (tertiary alicyclic amines) is 2. The number of carbonyl (C=O) groups is 1. The van der Waals surface area contributed by atoms with Crippen molar-refractivity contribution in [2.75, 3.05) is 44.2 Å². The van der Waals surface area contributed by atoms with Gasteiger partial charge >= 0.3 is 0 Å². The first-order valence-electron chi connectivity index (χ1n) is 13.5. The van der Waals surface area contributed by atoms with E-state index in [0.29, 0.717) is 12.6 Å². The quantitative estimate of drug-likeness (QED) is 0.242. The van der Waals surface area contributed by atoms with Gasteiger partial charge in [0.1, 0.15) is 11.3 Å². The summed E-state index contributed by atoms with van der Waals surface area (Å²) in [6.07, 6.45) is 7.53. The molecule has 6 rings (SSSR count). The Bertz CT molecular complexity index is 1280. The third kappa shape index (κ3) is 5.67. The third-order valence-corrected chi connectivity index (χ3v) is 9.34. The van der Waals surface area contributed by atoms with Crippen molar-refractivity contribution < 1.29 is 9.21 Å². The molecule has 8 heteroatoms. The second-order valence-electron chi connectivity index (χ2n) is 10.1. The van der Waals surface area contributed by atoms with E-state index in [1.807, 2.05) is 58.1 Å². The maximum absolute atomic E-state index is 13.5. The first kappa shape index (κ1) is 24.8. The first-order valence-corrected chi connectivity index (χ1v) is 15.3. The molecule has 1 atom stereocenters. The fourth-order valence-electron chi connectivity index (χ4n) is 5.68. The standard InChI is InChI=1S/C29H34N4O2S2/c34-28(27-12-7-18-36-27)33(17-8-16-32-15-4-3-10-23(32)20-31-13-5-6-14-31)29-30-24(21-37-29)26-19-22-9-1-2-11-25(22)35-26/h1-2,7,9,11-12,18-19,21,23H,3-6,8,10,13-17,20H2. The normalized spacial score (nSPS) is 19.1. The SMILES string of the molecule is O=C(c1cccs1)N(CCCN1CCCCC1CN1CCCC1)c1nc(-c2cc3ccccc3o2)cs1. The van der Waals surface area contributed by atoms with Crippen LogP contribution >= 0.6 is 22.7 Å². The molecule has 2 fully saturated rings. The lowest BCUT2D eigenvalue weighted by Crippen LogP contribution is -2.47. The highest BCUT2D eigenvalue weighted by Gasteiger charge is 2.27. The highest BCUT2D eigenvalue weighted by atomic mass is 32.1. The van der Waals surface area contributed by atoms with E-state index in [4.69, 9.17) is 9.40 Å². The number of amides is 1. The van der Waals surface area contributed by atoms with Crippen LogP contribution in [-0.4, -0.2) is 66.0 Å². The van der Waals surface area contributed by atoms with Crippen molar-refractivity contribution in [2.24, 2.45) is 0 Å². The van der Waals surface area contributed by atoms with Crippen molar-refractivity contribution in [3.63, 3.8) is 0 Å². The molecule has 0 N–H and O–H groups in total. The monoisotopic (exact) mass is 534 g/mol. The van der Waals surface area contributed by atoms with Gasteiger partial charge in [0, 0.05) is 36.4 Å². The maximum atomic E-state index is 13.5. The highest BCUT2D eigenvalue weighted by Crippen LogP contribution is 2.32. The lowest BCUT2D eigenvalue weighted by Gasteiger charge is -2.38. The van der Waals surface area contributed by atoms with E-state index in [-0.39, 0.29) is 5.91 Å². The number of aromatic nitrogens is 1. The fraction of sp³-hybridized carbons (Fsp3) is 0.448. The van der Waals surface area contributed by atoms with Crippen molar-refractivity contribution in [3.05, 3.63) is 58.1 Å². The van der Waals surface area contributed by atoms with Crippen LogP contribution in [-0.2, 0) is 0 Å². The number of para-hydroxylation sites is 1. The largest absolute Gasteiger partial charge is 0.454 e.